The van der Waals surface area contributed by atoms with Crippen molar-refractivity contribution >= 4 is 25.8 Å². The van der Waals surface area contributed by atoms with Crippen LogP contribution in [0, 0.1) is 5.92 Å². The van der Waals surface area contributed by atoms with E-state index < -0.39 is 20.0 Å². The van der Waals surface area contributed by atoms with E-state index in [0.29, 0.717) is 18.8 Å². The van der Waals surface area contributed by atoms with Crippen LogP contribution in [0.15, 0.2) is 41.5 Å². The topological polar surface area (TPSA) is 99.5 Å². The first-order chi connectivity index (χ1) is 19.3. The summed E-state index contributed by atoms with van der Waals surface area (Å²) in [6, 6.07) is 5.46. The molecule has 9 heteroatoms. The average molecular weight is 585 g/mol. The van der Waals surface area contributed by atoms with Gasteiger partial charge in [-0.2, -0.15) is 0 Å². The summed E-state index contributed by atoms with van der Waals surface area (Å²) < 4.78 is 12.4. The molecule has 226 valence electrons. The molecular weight excluding hydrogens is 536 g/mol. The van der Waals surface area contributed by atoms with Gasteiger partial charge in [-0.3, -0.25) is 9.59 Å². The fourth-order valence-corrected chi connectivity index (χ4v) is 9.70. The Bertz CT molecular complexity index is 1200. The highest BCUT2D eigenvalue weighted by Crippen LogP contribution is 2.60. The van der Waals surface area contributed by atoms with E-state index in [1.807, 2.05) is 38.2 Å². The highest BCUT2D eigenvalue weighted by molar-refractivity contribution is 6.71. The first kappa shape index (κ1) is 31.5. The smallest absolute Gasteiger partial charge is 0.264 e. The Labute approximate surface area is 246 Å². The molecule has 3 aliphatic rings. The molecule has 2 saturated heterocycles. The third kappa shape index (κ3) is 6.05. The lowest BCUT2D eigenvalue weighted by atomic mass is 9.82. The van der Waals surface area contributed by atoms with Gasteiger partial charge in [0, 0.05) is 30.1 Å². The van der Waals surface area contributed by atoms with Crippen molar-refractivity contribution < 1.29 is 29.0 Å². The minimum atomic E-state index is -2.90. The number of nitrogens with zero attached hydrogens (tertiary/aromatic N) is 2. The average Bonchev–Trinajstić information content (AvgIpc) is 3.56. The van der Waals surface area contributed by atoms with Crippen LogP contribution in [0.3, 0.4) is 0 Å². The van der Waals surface area contributed by atoms with Gasteiger partial charge >= 0.3 is 0 Å². The molecule has 2 fully saturated rings. The molecule has 8 nitrogen and oxygen atoms in total. The van der Waals surface area contributed by atoms with Crippen molar-refractivity contribution in [2.75, 3.05) is 31.7 Å². The molecule has 1 spiro atoms. The maximum Gasteiger partial charge on any atom is 0.264 e. The second kappa shape index (κ2) is 12.4. The third-order valence-electron chi connectivity index (χ3n) is 9.19. The predicted molar refractivity (Wildman–Crippen MR) is 163 cm³/mol. The molecule has 5 atom stereocenters. The Hall–Kier alpha value is -2.46. The summed E-state index contributed by atoms with van der Waals surface area (Å²) in [5, 5.41) is 9.79. The molecule has 0 aromatic heterocycles. The Kier molecular flexibility index (Phi) is 9.53. The zero-order valence-corrected chi connectivity index (χ0v) is 26.8. The van der Waals surface area contributed by atoms with Crippen molar-refractivity contribution in [2.45, 2.75) is 96.2 Å². The van der Waals surface area contributed by atoms with Gasteiger partial charge in [-0.15, -0.1) is 0 Å². The van der Waals surface area contributed by atoms with Crippen LogP contribution in [-0.2, 0) is 19.9 Å². The van der Waals surface area contributed by atoms with Crippen molar-refractivity contribution in [3.63, 3.8) is 0 Å². The molecule has 0 radical (unpaired) electrons. The lowest BCUT2D eigenvalue weighted by Crippen LogP contribution is -2.46. The van der Waals surface area contributed by atoms with E-state index in [1.54, 1.807) is 16.9 Å². The van der Waals surface area contributed by atoms with Gasteiger partial charge < -0.3 is 29.2 Å². The Morgan fingerprint density at radius 3 is 2.61 bits per heavy atom. The summed E-state index contributed by atoms with van der Waals surface area (Å²) in [7, 11) is -1.30. The molecule has 0 bridgehead atoms. The number of hydrogen-bond donors (Lipinski definition) is 2. The number of aliphatic hydroxyl groups is 1. The molecule has 0 unspecified atom stereocenters. The minimum Gasteiger partial charge on any atom is -0.497 e. The van der Waals surface area contributed by atoms with Crippen LogP contribution < -0.4 is 9.64 Å². The van der Waals surface area contributed by atoms with E-state index in [0.717, 1.165) is 36.9 Å². The molecule has 41 heavy (non-hydrogen) atoms. The molecule has 3 aliphatic heterocycles. The Morgan fingerprint density at radius 2 is 1.98 bits per heavy atom. The zero-order valence-electron chi connectivity index (χ0n) is 25.8. The van der Waals surface area contributed by atoms with Crippen molar-refractivity contribution in [1.82, 2.24) is 4.90 Å². The van der Waals surface area contributed by atoms with E-state index >= 15 is 0 Å². The highest BCUT2D eigenvalue weighted by Gasteiger charge is 2.66. The van der Waals surface area contributed by atoms with Gasteiger partial charge in [-0.05, 0) is 77.7 Å². The first-order valence-electron chi connectivity index (χ1n) is 14.9. The monoisotopic (exact) mass is 584 g/mol. The molecule has 1 aromatic carbocycles. The summed E-state index contributed by atoms with van der Waals surface area (Å²) >= 11 is 0. The normalized spacial score (nSPS) is 28.0. The minimum absolute atomic E-state index is 0.0663. The van der Waals surface area contributed by atoms with Crippen LogP contribution in [0.2, 0.25) is 18.6 Å². The SMILES string of the molecule is COc1ccc2c(c1)[C@@]1(O[C@H](CC(=O)N3CCC[C@H]3CO)[C@@H]([Si](C)(C)O)[C@@H]1C)C(=O)N2C/C=C(\C)CCC=C(C)C. The predicted octanol–water partition coefficient (Wildman–Crippen LogP) is 4.91. The molecule has 2 N–H and O–H groups in total. The number of benzene rings is 1. The number of rotatable bonds is 10. The Balaban J connectivity index is 1.70. The van der Waals surface area contributed by atoms with E-state index in [-0.39, 0.29) is 42.3 Å². The van der Waals surface area contributed by atoms with Gasteiger partial charge in [0.25, 0.3) is 5.91 Å². The molecular formula is C32H48N2O6Si. The quantitative estimate of drug-likeness (QED) is 0.300. The standard InChI is InChI=1S/C32H48N2O6Si/c1-21(2)10-8-11-22(3)15-17-34-27-14-13-25(39-5)18-26(27)32(31(34)37)23(4)30(41(6,7)38)28(40-32)19-29(36)33-16-9-12-24(33)20-35/h10,13-15,18,23-24,28,30,35,38H,8-9,11-12,16-17,19-20H2,1-7H3/b22-15+/t23-,24-,28+,30-,32+/m0/s1. The number of carbonyl (C=O) groups is 2. The van der Waals surface area contributed by atoms with Crippen LogP contribution in [0.4, 0.5) is 5.69 Å². The van der Waals surface area contributed by atoms with Crippen LogP contribution in [0.5, 0.6) is 5.75 Å². The number of anilines is 1. The number of ether oxygens (including phenoxy) is 2. The maximum absolute atomic E-state index is 14.5. The number of carbonyl (C=O) groups excluding carboxylic acids is 2. The summed E-state index contributed by atoms with van der Waals surface area (Å²) in [4.78, 5) is 43.0. The van der Waals surface area contributed by atoms with Crippen LogP contribution in [0.25, 0.3) is 0 Å². The van der Waals surface area contributed by atoms with Crippen molar-refractivity contribution in [2.24, 2.45) is 5.92 Å². The van der Waals surface area contributed by atoms with Gasteiger partial charge in [-0.25, -0.2) is 0 Å². The molecule has 3 heterocycles. The Morgan fingerprint density at radius 1 is 1.24 bits per heavy atom. The summed E-state index contributed by atoms with van der Waals surface area (Å²) in [5.41, 5.74) is 2.35. The summed E-state index contributed by atoms with van der Waals surface area (Å²) in [6.07, 6.45) is 7.29. The van der Waals surface area contributed by atoms with E-state index in [4.69, 9.17) is 9.47 Å². The van der Waals surface area contributed by atoms with Crippen molar-refractivity contribution in [3.05, 3.63) is 47.1 Å². The lowest BCUT2D eigenvalue weighted by Gasteiger charge is -2.32. The molecule has 0 saturated carbocycles. The summed E-state index contributed by atoms with van der Waals surface area (Å²) in [6.45, 7) is 12.9. The van der Waals surface area contributed by atoms with Crippen LogP contribution >= 0.6 is 0 Å². The number of aliphatic hydroxyl groups excluding tert-OH is 1. The van der Waals surface area contributed by atoms with E-state index in [9.17, 15) is 19.5 Å². The molecule has 1 aromatic rings. The fourth-order valence-electron chi connectivity index (χ4n) is 7.15. The molecule has 0 aliphatic carbocycles. The maximum atomic E-state index is 14.5. The van der Waals surface area contributed by atoms with Crippen molar-refractivity contribution in [1.29, 1.82) is 0 Å². The van der Waals surface area contributed by atoms with Crippen molar-refractivity contribution in [3.8, 4) is 5.75 Å². The number of methoxy groups -OCH3 is 1. The largest absolute Gasteiger partial charge is 0.497 e. The van der Waals surface area contributed by atoms with Gasteiger partial charge in [0.1, 0.15) is 5.75 Å². The summed E-state index contributed by atoms with van der Waals surface area (Å²) in [5.74, 6) is 0.0167. The van der Waals surface area contributed by atoms with E-state index in [2.05, 4.69) is 32.9 Å². The number of allylic oxidation sites excluding steroid dienone is 3. The van der Waals surface area contributed by atoms with Gasteiger partial charge in [0.05, 0.1) is 38.0 Å². The second-order valence-electron chi connectivity index (χ2n) is 12.8. The highest BCUT2D eigenvalue weighted by atomic mass is 28.4. The number of fused-ring (bicyclic) bond motifs is 2. The van der Waals surface area contributed by atoms with E-state index in [1.165, 1.54) is 11.1 Å². The number of hydrogen-bond acceptors (Lipinski definition) is 6. The second-order valence-corrected chi connectivity index (χ2v) is 16.8. The van der Waals surface area contributed by atoms with Crippen LogP contribution in [-0.4, -0.2) is 73.9 Å². The van der Waals surface area contributed by atoms with Gasteiger partial charge in [0.15, 0.2) is 13.9 Å². The first-order valence-corrected chi connectivity index (χ1v) is 18.0. The molecule has 4 rings (SSSR count). The van der Waals surface area contributed by atoms with Gasteiger partial charge in [-0.1, -0.05) is 30.2 Å². The van der Waals surface area contributed by atoms with Gasteiger partial charge in [0.2, 0.25) is 5.91 Å². The number of amides is 2. The molecule has 2 amide bonds. The fraction of sp³-hybridized carbons (Fsp3) is 0.625. The van der Waals surface area contributed by atoms with Crippen LogP contribution in [0.1, 0.15) is 65.4 Å². The lowest BCUT2D eigenvalue weighted by molar-refractivity contribution is -0.150. The number of likely N-dealkylation sites (tertiary alicyclic amines) is 1. The third-order valence-corrected chi connectivity index (χ3v) is 11.7. The zero-order chi connectivity index (χ0) is 30.1.